The quantitative estimate of drug-likeness (QED) is 0.620. The number of anilines is 1. The summed E-state index contributed by atoms with van der Waals surface area (Å²) in [6, 6.07) is 7.42. The number of hydrogen-bond acceptors (Lipinski definition) is 6. The van der Waals surface area contributed by atoms with Gasteiger partial charge in [0.1, 0.15) is 11.6 Å². The van der Waals surface area contributed by atoms with E-state index in [9.17, 15) is 9.59 Å². The molecule has 1 saturated heterocycles. The lowest BCUT2D eigenvalue weighted by Gasteiger charge is -2.16. The summed E-state index contributed by atoms with van der Waals surface area (Å²) in [7, 11) is 1.56. The molecule has 1 atom stereocenters. The van der Waals surface area contributed by atoms with Gasteiger partial charge in [-0.25, -0.2) is 9.97 Å². The van der Waals surface area contributed by atoms with Crippen LogP contribution in [0.1, 0.15) is 64.5 Å². The van der Waals surface area contributed by atoms with Crippen molar-refractivity contribution in [2.75, 3.05) is 25.5 Å². The van der Waals surface area contributed by atoms with Gasteiger partial charge in [0.25, 0.3) is 11.8 Å². The maximum absolute atomic E-state index is 12.9. The number of carbonyl (C=O) groups excluding carboxylic acids is 2. The molecule has 1 N–H and O–H groups in total. The number of ether oxygens (including phenoxy) is 1. The first-order valence-electron chi connectivity index (χ1n) is 11.0. The first kappa shape index (κ1) is 22.4. The van der Waals surface area contributed by atoms with Crippen LogP contribution in [0.4, 0.5) is 5.69 Å². The van der Waals surface area contributed by atoms with Gasteiger partial charge in [-0.1, -0.05) is 12.1 Å². The van der Waals surface area contributed by atoms with Gasteiger partial charge in [0.05, 0.1) is 35.8 Å². The molecule has 1 fully saturated rings. The normalized spacial score (nSPS) is 15.7. The highest BCUT2D eigenvalue weighted by atomic mass is 16.5. The Bertz CT molecular complexity index is 1170. The molecule has 1 aliphatic heterocycles. The van der Waals surface area contributed by atoms with E-state index in [-0.39, 0.29) is 23.8 Å². The fourth-order valence-corrected chi connectivity index (χ4v) is 3.91. The fraction of sp³-hybridized carbons (Fsp3) is 0.375. The van der Waals surface area contributed by atoms with E-state index >= 15 is 0 Å². The van der Waals surface area contributed by atoms with Crippen LogP contribution < -0.4 is 10.1 Å². The number of carbonyl (C=O) groups is 2. The molecule has 9 heteroatoms. The lowest BCUT2D eigenvalue weighted by atomic mass is 10.1. The summed E-state index contributed by atoms with van der Waals surface area (Å²) in [5.41, 5.74) is 2.16. The summed E-state index contributed by atoms with van der Waals surface area (Å²) >= 11 is 0. The van der Waals surface area contributed by atoms with E-state index < -0.39 is 0 Å². The predicted molar refractivity (Wildman–Crippen MR) is 124 cm³/mol. The first-order valence-corrected chi connectivity index (χ1v) is 11.0. The average molecular weight is 449 g/mol. The number of amides is 2. The molecule has 1 aromatic carbocycles. The molecular weight excluding hydrogens is 420 g/mol. The second-order valence-corrected chi connectivity index (χ2v) is 8.42. The van der Waals surface area contributed by atoms with Crippen LogP contribution in [-0.4, -0.2) is 56.7 Å². The minimum absolute atomic E-state index is 0.0270. The molecule has 0 saturated carbocycles. The van der Waals surface area contributed by atoms with Crippen molar-refractivity contribution in [2.24, 2.45) is 0 Å². The van der Waals surface area contributed by atoms with Gasteiger partial charge in [0.2, 0.25) is 0 Å². The van der Waals surface area contributed by atoms with E-state index in [0.29, 0.717) is 47.2 Å². The van der Waals surface area contributed by atoms with Crippen molar-refractivity contribution in [3.63, 3.8) is 0 Å². The number of hydrogen-bond donors (Lipinski definition) is 1. The molecule has 3 heterocycles. The first-order chi connectivity index (χ1) is 15.9. The summed E-state index contributed by atoms with van der Waals surface area (Å²) in [5.74, 6) is 0.923. The van der Waals surface area contributed by atoms with Crippen LogP contribution in [-0.2, 0) is 0 Å². The molecule has 3 aromatic rings. The smallest absolute Gasteiger partial charge is 0.259 e. The van der Waals surface area contributed by atoms with Crippen LogP contribution in [0.2, 0.25) is 0 Å². The molecule has 0 unspecified atom stereocenters. The molecule has 1 aliphatic rings. The van der Waals surface area contributed by atoms with Crippen molar-refractivity contribution in [1.82, 2.24) is 24.6 Å². The second-order valence-electron chi connectivity index (χ2n) is 8.42. The fourth-order valence-electron chi connectivity index (χ4n) is 3.91. The molecule has 0 aliphatic carbocycles. The van der Waals surface area contributed by atoms with Gasteiger partial charge in [-0.2, -0.15) is 5.10 Å². The third-order valence-electron chi connectivity index (χ3n) is 5.82. The van der Waals surface area contributed by atoms with Gasteiger partial charge in [0, 0.05) is 37.4 Å². The Labute approximate surface area is 192 Å². The number of para-hydroxylation sites is 2. The van der Waals surface area contributed by atoms with Gasteiger partial charge >= 0.3 is 0 Å². The molecule has 0 bridgehead atoms. The predicted octanol–water partition coefficient (Wildman–Crippen LogP) is 3.45. The molecule has 0 spiro atoms. The van der Waals surface area contributed by atoms with Gasteiger partial charge in [-0.15, -0.1) is 0 Å². The van der Waals surface area contributed by atoms with Crippen LogP contribution in [0.5, 0.6) is 5.75 Å². The number of rotatable bonds is 6. The minimum atomic E-state index is -0.297. The summed E-state index contributed by atoms with van der Waals surface area (Å²) in [4.78, 5) is 36.5. The minimum Gasteiger partial charge on any atom is -0.495 e. The maximum Gasteiger partial charge on any atom is 0.259 e. The third kappa shape index (κ3) is 4.72. The Balaban J connectivity index is 1.43. The Kier molecular flexibility index (Phi) is 6.39. The van der Waals surface area contributed by atoms with Crippen LogP contribution in [0, 0.1) is 6.92 Å². The van der Waals surface area contributed by atoms with Gasteiger partial charge < -0.3 is 15.0 Å². The number of methoxy groups -OCH3 is 1. The zero-order valence-corrected chi connectivity index (χ0v) is 19.3. The van der Waals surface area contributed by atoms with E-state index in [1.165, 1.54) is 0 Å². The number of nitrogens with one attached hydrogen (secondary N) is 1. The van der Waals surface area contributed by atoms with Gasteiger partial charge in [-0.3, -0.25) is 14.3 Å². The summed E-state index contributed by atoms with van der Waals surface area (Å²) in [6.45, 7) is 7.01. The number of nitrogens with zero attached hydrogens (tertiary/aromatic N) is 5. The molecule has 2 aromatic heterocycles. The van der Waals surface area contributed by atoms with Crippen molar-refractivity contribution in [2.45, 2.75) is 39.2 Å². The Morgan fingerprint density at radius 3 is 2.70 bits per heavy atom. The number of benzene rings is 1. The molecule has 172 valence electrons. The van der Waals surface area contributed by atoms with Crippen LogP contribution in [0.15, 0.2) is 42.9 Å². The van der Waals surface area contributed by atoms with Crippen molar-refractivity contribution >= 4 is 17.5 Å². The lowest BCUT2D eigenvalue weighted by molar-refractivity contribution is 0.0790. The average Bonchev–Trinajstić information content (AvgIpc) is 3.49. The lowest BCUT2D eigenvalue weighted by Crippen LogP contribution is -2.28. The maximum atomic E-state index is 12.9. The van der Waals surface area contributed by atoms with E-state index in [0.717, 1.165) is 6.42 Å². The number of likely N-dealkylation sites (tertiary alicyclic amines) is 1. The van der Waals surface area contributed by atoms with Crippen molar-refractivity contribution in [1.29, 1.82) is 0 Å². The summed E-state index contributed by atoms with van der Waals surface area (Å²) in [5, 5.41) is 7.12. The van der Waals surface area contributed by atoms with Gasteiger partial charge in [-0.05, 0) is 39.3 Å². The topological polar surface area (TPSA) is 102 Å². The standard InChI is InChI=1S/C24H28N6O3/c1-15(2)30-14-18(11-26-30)24(32)29-10-9-17(13-29)22-25-12-19(16(3)27-22)23(31)28-20-7-5-6-8-21(20)33-4/h5-8,11-12,14-15,17H,9-10,13H2,1-4H3,(H,28,31)/t17-/m0/s1. The van der Waals surface area contributed by atoms with Crippen molar-refractivity contribution < 1.29 is 14.3 Å². The van der Waals surface area contributed by atoms with Crippen molar-refractivity contribution in [3.05, 3.63) is 65.5 Å². The van der Waals surface area contributed by atoms with Crippen LogP contribution in [0.25, 0.3) is 0 Å². The largest absolute Gasteiger partial charge is 0.495 e. The Morgan fingerprint density at radius 2 is 2.00 bits per heavy atom. The molecule has 2 amide bonds. The highest BCUT2D eigenvalue weighted by Crippen LogP contribution is 2.27. The molecular formula is C24H28N6O3. The summed E-state index contributed by atoms with van der Waals surface area (Å²) in [6.07, 6.45) is 5.73. The zero-order valence-electron chi connectivity index (χ0n) is 19.3. The number of aromatic nitrogens is 4. The Morgan fingerprint density at radius 1 is 1.21 bits per heavy atom. The monoisotopic (exact) mass is 448 g/mol. The highest BCUT2D eigenvalue weighted by molar-refractivity contribution is 6.05. The van der Waals surface area contributed by atoms with E-state index in [1.54, 1.807) is 49.4 Å². The highest BCUT2D eigenvalue weighted by Gasteiger charge is 2.31. The SMILES string of the molecule is COc1ccccc1NC(=O)c1cnc([C@H]2CCN(C(=O)c3cnn(C(C)C)c3)C2)nc1C. The summed E-state index contributed by atoms with van der Waals surface area (Å²) < 4.78 is 7.07. The third-order valence-corrected chi connectivity index (χ3v) is 5.82. The zero-order chi connectivity index (χ0) is 23.5. The second kappa shape index (κ2) is 9.40. The molecule has 9 nitrogen and oxygen atoms in total. The van der Waals surface area contributed by atoms with Crippen LogP contribution in [0.3, 0.4) is 0 Å². The molecule has 4 rings (SSSR count). The van der Waals surface area contributed by atoms with E-state index in [1.807, 2.05) is 30.9 Å². The van der Waals surface area contributed by atoms with E-state index in [4.69, 9.17) is 4.74 Å². The van der Waals surface area contributed by atoms with Crippen molar-refractivity contribution in [3.8, 4) is 5.75 Å². The Hall–Kier alpha value is -3.75. The number of aryl methyl sites for hydroxylation is 1. The van der Waals surface area contributed by atoms with Gasteiger partial charge in [0.15, 0.2) is 0 Å². The molecule has 0 radical (unpaired) electrons. The van der Waals surface area contributed by atoms with E-state index in [2.05, 4.69) is 20.4 Å². The van der Waals surface area contributed by atoms with Crippen LogP contribution >= 0.6 is 0 Å². The molecule has 33 heavy (non-hydrogen) atoms.